The lowest BCUT2D eigenvalue weighted by molar-refractivity contribution is 0.492. The minimum absolute atomic E-state index is 0.230. The van der Waals surface area contributed by atoms with Gasteiger partial charge >= 0.3 is 0 Å². The first-order valence-electron chi connectivity index (χ1n) is 8.64. The first-order chi connectivity index (χ1) is 11.6. The molecule has 3 nitrogen and oxygen atoms in total. The Morgan fingerprint density at radius 2 is 1.83 bits per heavy atom. The molecule has 0 N–H and O–H groups in total. The smallest absolute Gasteiger partial charge is 0.123 e. The maximum absolute atomic E-state index is 13.1. The summed E-state index contributed by atoms with van der Waals surface area (Å²) in [4.78, 5) is 2.53. The average molecular weight is 323 g/mol. The lowest BCUT2D eigenvalue weighted by atomic mass is 10.0. The number of anilines is 1. The van der Waals surface area contributed by atoms with Crippen LogP contribution in [0.25, 0.3) is 16.6 Å². The van der Waals surface area contributed by atoms with Crippen molar-refractivity contribution in [3.63, 3.8) is 0 Å². The Bertz CT molecular complexity index is 851. The molecule has 4 rings (SSSR count). The van der Waals surface area contributed by atoms with E-state index in [1.807, 2.05) is 10.9 Å². The zero-order valence-corrected chi connectivity index (χ0v) is 14.1. The monoisotopic (exact) mass is 323 g/mol. The molecule has 1 unspecified atom stereocenters. The molecule has 24 heavy (non-hydrogen) atoms. The van der Waals surface area contributed by atoms with Gasteiger partial charge in [-0.05, 0) is 61.2 Å². The number of nitrogens with zero attached hydrogens (tertiary/aromatic N) is 3. The van der Waals surface area contributed by atoms with E-state index in [1.165, 1.54) is 30.7 Å². The molecule has 1 aromatic heterocycles. The van der Waals surface area contributed by atoms with Crippen LogP contribution in [0.4, 0.5) is 10.1 Å². The molecule has 1 fully saturated rings. The third-order valence-electron chi connectivity index (χ3n) is 5.02. The van der Waals surface area contributed by atoms with Crippen LogP contribution >= 0.6 is 0 Å². The quantitative estimate of drug-likeness (QED) is 0.691. The van der Waals surface area contributed by atoms with Gasteiger partial charge in [0.1, 0.15) is 5.82 Å². The van der Waals surface area contributed by atoms with Gasteiger partial charge in [0.05, 0.1) is 17.4 Å². The number of rotatable bonds is 3. The van der Waals surface area contributed by atoms with Crippen molar-refractivity contribution >= 4 is 16.6 Å². The van der Waals surface area contributed by atoms with E-state index in [1.54, 1.807) is 12.1 Å². The topological polar surface area (TPSA) is 21.1 Å². The second-order valence-electron chi connectivity index (χ2n) is 6.92. The van der Waals surface area contributed by atoms with Gasteiger partial charge in [-0.3, -0.25) is 0 Å². The summed E-state index contributed by atoms with van der Waals surface area (Å²) in [7, 11) is 0. The van der Waals surface area contributed by atoms with Gasteiger partial charge in [-0.1, -0.05) is 13.8 Å². The van der Waals surface area contributed by atoms with E-state index >= 15 is 0 Å². The van der Waals surface area contributed by atoms with Crippen molar-refractivity contribution in [3.8, 4) is 5.69 Å². The van der Waals surface area contributed by atoms with Crippen LogP contribution in [-0.4, -0.2) is 22.4 Å². The van der Waals surface area contributed by atoms with Crippen LogP contribution in [-0.2, 0) is 0 Å². The van der Waals surface area contributed by atoms with E-state index in [9.17, 15) is 4.39 Å². The lowest BCUT2D eigenvalue weighted by Crippen LogP contribution is -2.33. The molecular weight excluding hydrogens is 301 g/mol. The second-order valence-corrected chi connectivity index (χ2v) is 6.92. The van der Waals surface area contributed by atoms with Crippen LogP contribution < -0.4 is 4.90 Å². The number of hydrogen-bond donors (Lipinski definition) is 0. The Kier molecular flexibility index (Phi) is 3.75. The predicted molar refractivity (Wildman–Crippen MR) is 96.2 cm³/mol. The zero-order valence-electron chi connectivity index (χ0n) is 14.1. The maximum Gasteiger partial charge on any atom is 0.123 e. The summed E-state index contributed by atoms with van der Waals surface area (Å²) in [5.74, 6) is 0.427. The molecule has 1 atom stereocenters. The highest BCUT2D eigenvalue weighted by Crippen LogP contribution is 2.32. The standard InChI is InChI=1S/C20H22FN3/c1-14(2)19-4-3-11-23(19)18-9-10-20-15(12-18)13-22-24(20)17-7-5-16(21)6-8-17/h5-10,12-14,19H,3-4,11H2,1-2H3. The Labute approximate surface area is 141 Å². The maximum atomic E-state index is 13.1. The Hall–Kier alpha value is -2.36. The highest BCUT2D eigenvalue weighted by Gasteiger charge is 2.27. The first kappa shape index (κ1) is 15.2. The predicted octanol–water partition coefficient (Wildman–Crippen LogP) is 4.79. The molecule has 1 aliphatic heterocycles. The summed E-state index contributed by atoms with van der Waals surface area (Å²) in [5, 5.41) is 5.61. The molecule has 1 aliphatic rings. The van der Waals surface area contributed by atoms with E-state index in [0.29, 0.717) is 12.0 Å². The van der Waals surface area contributed by atoms with Gasteiger partial charge in [0.2, 0.25) is 0 Å². The number of benzene rings is 2. The van der Waals surface area contributed by atoms with Crippen molar-refractivity contribution < 1.29 is 4.39 Å². The lowest BCUT2D eigenvalue weighted by Gasteiger charge is -2.29. The average Bonchev–Trinajstić information content (AvgIpc) is 3.22. The minimum atomic E-state index is -0.230. The van der Waals surface area contributed by atoms with Crippen molar-refractivity contribution in [3.05, 3.63) is 54.5 Å². The van der Waals surface area contributed by atoms with Gasteiger partial charge in [0.25, 0.3) is 0 Å². The molecule has 1 saturated heterocycles. The summed E-state index contributed by atoms with van der Waals surface area (Å²) in [6.07, 6.45) is 4.42. The molecule has 124 valence electrons. The fourth-order valence-corrected chi connectivity index (χ4v) is 3.79. The SMILES string of the molecule is CC(C)C1CCCN1c1ccc2c(cnn2-c2ccc(F)cc2)c1. The summed E-state index contributed by atoms with van der Waals surface area (Å²) in [6.45, 7) is 5.72. The molecule has 2 heterocycles. The molecule has 2 aromatic carbocycles. The van der Waals surface area contributed by atoms with Crippen molar-refractivity contribution in [1.29, 1.82) is 0 Å². The fourth-order valence-electron chi connectivity index (χ4n) is 3.79. The summed E-state index contributed by atoms with van der Waals surface area (Å²) in [5.41, 5.74) is 3.20. The Morgan fingerprint density at radius 3 is 2.58 bits per heavy atom. The van der Waals surface area contributed by atoms with Gasteiger partial charge in [-0.15, -0.1) is 0 Å². The Morgan fingerprint density at radius 1 is 1.08 bits per heavy atom. The van der Waals surface area contributed by atoms with Crippen molar-refractivity contribution in [2.45, 2.75) is 32.7 Å². The molecule has 0 spiro atoms. The molecule has 4 heteroatoms. The third-order valence-corrected chi connectivity index (χ3v) is 5.02. The molecule has 0 radical (unpaired) electrons. The van der Waals surface area contributed by atoms with Crippen LogP contribution in [0.15, 0.2) is 48.7 Å². The molecular formula is C20H22FN3. The van der Waals surface area contributed by atoms with Crippen LogP contribution in [0.5, 0.6) is 0 Å². The number of halogens is 1. The van der Waals surface area contributed by atoms with Crippen LogP contribution in [0, 0.1) is 11.7 Å². The number of aromatic nitrogens is 2. The Balaban J connectivity index is 1.71. The molecule has 0 amide bonds. The zero-order chi connectivity index (χ0) is 16.7. The normalized spacial score (nSPS) is 18.0. The van der Waals surface area contributed by atoms with Crippen molar-refractivity contribution in [1.82, 2.24) is 9.78 Å². The van der Waals surface area contributed by atoms with Crippen LogP contribution in [0.1, 0.15) is 26.7 Å². The van der Waals surface area contributed by atoms with Gasteiger partial charge in [-0.25, -0.2) is 9.07 Å². The number of fused-ring (bicyclic) bond motifs is 1. The molecule has 0 aliphatic carbocycles. The fraction of sp³-hybridized carbons (Fsp3) is 0.350. The summed E-state index contributed by atoms with van der Waals surface area (Å²) >= 11 is 0. The van der Waals surface area contributed by atoms with E-state index in [-0.39, 0.29) is 5.82 Å². The van der Waals surface area contributed by atoms with Crippen LogP contribution in [0.3, 0.4) is 0 Å². The number of hydrogen-bond acceptors (Lipinski definition) is 2. The van der Waals surface area contributed by atoms with Gasteiger partial charge in [-0.2, -0.15) is 5.10 Å². The van der Waals surface area contributed by atoms with E-state index < -0.39 is 0 Å². The van der Waals surface area contributed by atoms with E-state index in [2.05, 4.69) is 42.0 Å². The highest BCUT2D eigenvalue weighted by molar-refractivity contribution is 5.84. The first-order valence-corrected chi connectivity index (χ1v) is 8.64. The molecule has 0 bridgehead atoms. The van der Waals surface area contributed by atoms with E-state index in [4.69, 9.17) is 0 Å². The third kappa shape index (κ3) is 2.56. The van der Waals surface area contributed by atoms with Gasteiger partial charge in [0.15, 0.2) is 0 Å². The summed E-state index contributed by atoms with van der Waals surface area (Å²) < 4.78 is 15.0. The minimum Gasteiger partial charge on any atom is -0.368 e. The molecule has 0 saturated carbocycles. The summed E-state index contributed by atoms with van der Waals surface area (Å²) in [6, 6.07) is 13.6. The molecule has 3 aromatic rings. The highest BCUT2D eigenvalue weighted by atomic mass is 19.1. The largest absolute Gasteiger partial charge is 0.368 e. The van der Waals surface area contributed by atoms with Gasteiger partial charge < -0.3 is 4.90 Å². The van der Waals surface area contributed by atoms with Crippen LogP contribution in [0.2, 0.25) is 0 Å². The van der Waals surface area contributed by atoms with E-state index in [0.717, 1.165) is 23.1 Å². The second kappa shape index (κ2) is 5.93. The van der Waals surface area contributed by atoms with Crippen molar-refractivity contribution in [2.24, 2.45) is 5.92 Å². The van der Waals surface area contributed by atoms with Crippen molar-refractivity contribution in [2.75, 3.05) is 11.4 Å². The van der Waals surface area contributed by atoms with Gasteiger partial charge in [0, 0.05) is 23.7 Å².